The number of anilines is 2. The molecule has 4 aliphatic rings. The molecule has 3 atom stereocenters. The van der Waals surface area contributed by atoms with Crippen LogP contribution in [0.3, 0.4) is 0 Å². The molecule has 1 nitrogen and oxygen atoms in total. The second-order valence-corrected chi connectivity index (χ2v) is 16.6. The molecular weight excluding hydrogens is 639 g/mol. The summed E-state index contributed by atoms with van der Waals surface area (Å²) >= 11 is 0. The lowest BCUT2D eigenvalue weighted by molar-refractivity contribution is 0.266. The summed E-state index contributed by atoms with van der Waals surface area (Å²) in [5.41, 5.74) is 19.3. The molecule has 0 aromatic heterocycles. The van der Waals surface area contributed by atoms with Crippen LogP contribution in [-0.4, -0.2) is 6.04 Å². The Morgan fingerprint density at radius 2 is 1.26 bits per heavy atom. The molecule has 53 heavy (non-hydrogen) atoms. The van der Waals surface area contributed by atoms with Crippen LogP contribution in [0.25, 0.3) is 39.0 Å². The van der Waals surface area contributed by atoms with Crippen LogP contribution in [0.1, 0.15) is 75.1 Å². The van der Waals surface area contributed by atoms with Crippen LogP contribution in [-0.2, 0) is 10.8 Å². The average molecular weight is 686 g/mol. The first-order chi connectivity index (χ1) is 25.9. The molecular formula is C52H47N. The molecule has 1 spiro atoms. The predicted molar refractivity (Wildman–Crippen MR) is 224 cm³/mol. The van der Waals surface area contributed by atoms with E-state index in [9.17, 15) is 0 Å². The van der Waals surface area contributed by atoms with Gasteiger partial charge in [-0.3, -0.25) is 0 Å². The molecule has 0 aliphatic heterocycles. The van der Waals surface area contributed by atoms with E-state index >= 15 is 0 Å². The largest absolute Gasteiger partial charge is 0.334 e. The van der Waals surface area contributed by atoms with Gasteiger partial charge in [0.2, 0.25) is 0 Å². The third-order valence-electron chi connectivity index (χ3n) is 13.2. The highest BCUT2D eigenvalue weighted by molar-refractivity contribution is 5.91. The topological polar surface area (TPSA) is 3.24 Å². The molecule has 6 aromatic carbocycles. The maximum Gasteiger partial charge on any atom is 0.0563 e. The van der Waals surface area contributed by atoms with Crippen LogP contribution in [0.5, 0.6) is 0 Å². The van der Waals surface area contributed by atoms with E-state index in [0.29, 0.717) is 0 Å². The van der Waals surface area contributed by atoms with Crippen molar-refractivity contribution in [3.8, 4) is 33.4 Å². The molecule has 1 unspecified atom stereocenters. The Morgan fingerprint density at radius 3 is 2.04 bits per heavy atom. The Balaban J connectivity index is 1.17. The summed E-state index contributed by atoms with van der Waals surface area (Å²) < 4.78 is 0. The minimum absolute atomic E-state index is 0.0828. The van der Waals surface area contributed by atoms with E-state index in [2.05, 4.69) is 183 Å². The van der Waals surface area contributed by atoms with Gasteiger partial charge in [-0.2, -0.15) is 0 Å². The van der Waals surface area contributed by atoms with E-state index < -0.39 is 0 Å². The van der Waals surface area contributed by atoms with Crippen LogP contribution < -0.4 is 4.90 Å². The van der Waals surface area contributed by atoms with Crippen molar-refractivity contribution >= 4 is 16.9 Å². The molecule has 0 saturated heterocycles. The van der Waals surface area contributed by atoms with Gasteiger partial charge in [-0.15, -0.1) is 0 Å². The van der Waals surface area contributed by atoms with Gasteiger partial charge in [0.05, 0.1) is 6.04 Å². The monoisotopic (exact) mass is 685 g/mol. The van der Waals surface area contributed by atoms with Gasteiger partial charge in [-0.05, 0) is 111 Å². The van der Waals surface area contributed by atoms with Crippen molar-refractivity contribution in [1.82, 2.24) is 0 Å². The van der Waals surface area contributed by atoms with Gasteiger partial charge in [0, 0.05) is 27.8 Å². The smallest absolute Gasteiger partial charge is 0.0563 e. The minimum Gasteiger partial charge on any atom is -0.334 e. The molecule has 6 aromatic rings. The van der Waals surface area contributed by atoms with Gasteiger partial charge in [0.15, 0.2) is 0 Å². The van der Waals surface area contributed by atoms with Crippen molar-refractivity contribution in [3.05, 3.63) is 186 Å². The Labute approximate surface area is 315 Å². The minimum atomic E-state index is -0.0828. The van der Waals surface area contributed by atoms with E-state index in [-0.39, 0.29) is 16.9 Å². The molecule has 0 heterocycles. The summed E-state index contributed by atoms with van der Waals surface area (Å²) in [4.78, 5) is 2.69. The highest BCUT2D eigenvalue weighted by atomic mass is 15.2. The SMILES string of the molecule is C[C@@H]1CCC[C@@]2(C1)C1=C(C=CC(N(c3ccc4c(c3)C(C)(C)c3ccccc3-4)c3ccc(-c4ccccc4)cc3-c3ccccc3)C1)c1ccccc12. The fourth-order valence-corrected chi connectivity index (χ4v) is 10.7. The normalized spacial score (nSPS) is 21.9. The third-order valence-corrected chi connectivity index (χ3v) is 13.2. The summed E-state index contributed by atoms with van der Waals surface area (Å²) in [6.07, 6.45) is 11.2. The molecule has 0 radical (unpaired) electrons. The van der Waals surface area contributed by atoms with E-state index in [1.807, 2.05) is 0 Å². The quantitative estimate of drug-likeness (QED) is 0.175. The van der Waals surface area contributed by atoms with E-state index in [4.69, 9.17) is 0 Å². The van der Waals surface area contributed by atoms with Gasteiger partial charge < -0.3 is 4.90 Å². The highest BCUT2D eigenvalue weighted by Crippen LogP contribution is 2.59. The van der Waals surface area contributed by atoms with Gasteiger partial charge in [0.25, 0.3) is 0 Å². The number of allylic oxidation sites excluding steroid dienone is 2. The molecule has 0 N–H and O–H groups in total. The van der Waals surface area contributed by atoms with Gasteiger partial charge in [-0.25, -0.2) is 0 Å². The van der Waals surface area contributed by atoms with Gasteiger partial charge in [-0.1, -0.05) is 167 Å². The highest BCUT2D eigenvalue weighted by Gasteiger charge is 2.48. The Bertz CT molecular complexity index is 2430. The lowest BCUT2D eigenvalue weighted by Gasteiger charge is -2.44. The molecule has 260 valence electrons. The zero-order valence-corrected chi connectivity index (χ0v) is 31.1. The first kappa shape index (κ1) is 32.3. The fraction of sp³-hybridized carbons (Fsp3) is 0.231. The molecule has 10 rings (SSSR count). The summed E-state index contributed by atoms with van der Waals surface area (Å²) in [5.74, 6) is 0.722. The first-order valence-corrected chi connectivity index (χ1v) is 19.7. The zero-order valence-electron chi connectivity index (χ0n) is 31.1. The van der Waals surface area contributed by atoms with Crippen molar-refractivity contribution in [2.45, 2.75) is 69.7 Å². The van der Waals surface area contributed by atoms with Crippen molar-refractivity contribution in [2.24, 2.45) is 5.92 Å². The van der Waals surface area contributed by atoms with Crippen molar-refractivity contribution < 1.29 is 0 Å². The standard InChI is InChI=1S/C52H47N/c1-35-15-14-30-52(34-35)47-23-13-11-21-42(47)44-28-26-40(33-49(44)52)53(39-25-27-43-41-20-10-12-22-46(41)51(2,3)48(43)32-39)50-29-24-38(36-16-6-4-7-17-36)31-45(50)37-18-8-5-9-19-37/h4-13,16-29,31-32,35,40H,14-15,30,33-34H2,1-3H3/t35-,40?,52+/m1/s1. The Hall–Kier alpha value is -5.40. The van der Waals surface area contributed by atoms with Crippen LogP contribution in [0.4, 0.5) is 11.4 Å². The van der Waals surface area contributed by atoms with Crippen LogP contribution in [0, 0.1) is 5.92 Å². The number of benzene rings is 6. The zero-order chi connectivity index (χ0) is 35.7. The van der Waals surface area contributed by atoms with Crippen molar-refractivity contribution in [3.63, 3.8) is 0 Å². The maximum absolute atomic E-state index is 2.69. The molecule has 1 fully saturated rings. The summed E-state index contributed by atoms with van der Waals surface area (Å²) in [7, 11) is 0. The van der Waals surface area contributed by atoms with Crippen LogP contribution >= 0.6 is 0 Å². The lowest BCUT2D eigenvalue weighted by atomic mass is 9.62. The second kappa shape index (κ2) is 12.3. The number of rotatable bonds is 5. The molecule has 4 aliphatic carbocycles. The van der Waals surface area contributed by atoms with Gasteiger partial charge in [0.1, 0.15) is 0 Å². The maximum atomic E-state index is 2.69. The number of hydrogen-bond acceptors (Lipinski definition) is 1. The lowest BCUT2D eigenvalue weighted by Crippen LogP contribution is -2.38. The molecule has 1 saturated carbocycles. The van der Waals surface area contributed by atoms with E-state index in [1.54, 1.807) is 11.1 Å². The van der Waals surface area contributed by atoms with Crippen molar-refractivity contribution in [2.75, 3.05) is 4.90 Å². The molecule has 0 amide bonds. The third kappa shape index (κ3) is 5.04. The second-order valence-electron chi connectivity index (χ2n) is 16.6. The number of nitrogens with zero attached hydrogens (tertiary/aromatic N) is 1. The Morgan fingerprint density at radius 1 is 0.585 bits per heavy atom. The average Bonchev–Trinajstić information content (AvgIpc) is 3.59. The van der Waals surface area contributed by atoms with E-state index in [0.717, 1.165) is 12.3 Å². The summed E-state index contributed by atoms with van der Waals surface area (Å²) in [6, 6.07) is 54.9. The summed E-state index contributed by atoms with van der Waals surface area (Å²) in [6.45, 7) is 7.28. The van der Waals surface area contributed by atoms with Crippen LogP contribution in [0.15, 0.2) is 163 Å². The van der Waals surface area contributed by atoms with Gasteiger partial charge >= 0.3 is 0 Å². The number of hydrogen-bond donors (Lipinski definition) is 0. The fourth-order valence-electron chi connectivity index (χ4n) is 10.7. The van der Waals surface area contributed by atoms with E-state index in [1.165, 1.54) is 92.7 Å². The molecule has 1 heteroatoms. The van der Waals surface area contributed by atoms with Crippen molar-refractivity contribution in [1.29, 1.82) is 0 Å². The number of fused-ring (bicyclic) bond motifs is 7. The Kier molecular flexibility index (Phi) is 7.51. The first-order valence-electron chi connectivity index (χ1n) is 19.7. The summed E-state index contributed by atoms with van der Waals surface area (Å²) in [5, 5.41) is 0. The predicted octanol–water partition coefficient (Wildman–Crippen LogP) is 13.7. The van der Waals surface area contributed by atoms with Crippen LogP contribution in [0.2, 0.25) is 0 Å². The molecule has 0 bridgehead atoms.